The van der Waals surface area contributed by atoms with Gasteiger partial charge in [0.2, 0.25) is 0 Å². The summed E-state index contributed by atoms with van der Waals surface area (Å²) in [4.78, 5) is 11.6. The number of rotatable bonds is 8. The zero-order valence-electron chi connectivity index (χ0n) is 11.8. The van der Waals surface area contributed by atoms with Gasteiger partial charge in [-0.25, -0.2) is 0 Å². The van der Waals surface area contributed by atoms with Crippen molar-refractivity contribution in [3.05, 3.63) is 23.3 Å². The first-order chi connectivity index (χ1) is 9.15. The zero-order valence-corrected chi connectivity index (χ0v) is 11.8. The SMILES string of the molecule is CCCc1cc(OC)c(CC(=O)CCF)cc1OC. The van der Waals surface area contributed by atoms with Gasteiger partial charge in [-0.1, -0.05) is 13.3 Å². The molecule has 0 radical (unpaired) electrons. The number of Topliss-reactive ketones (excluding diaryl/α,β-unsaturated/α-hetero) is 1. The van der Waals surface area contributed by atoms with Crippen LogP contribution >= 0.6 is 0 Å². The van der Waals surface area contributed by atoms with E-state index in [1.807, 2.05) is 12.1 Å². The van der Waals surface area contributed by atoms with Gasteiger partial charge in [0.15, 0.2) is 0 Å². The molecule has 0 aliphatic carbocycles. The lowest BCUT2D eigenvalue weighted by Gasteiger charge is -2.14. The van der Waals surface area contributed by atoms with Crippen molar-refractivity contribution in [2.75, 3.05) is 20.9 Å². The Balaban J connectivity index is 3.05. The minimum absolute atomic E-state index is 0.0534. The van der Waals surface area contributed by atoms with Gasteiger partial charge in [-0.2, -0.15) is 0 Å². The molecule has 0 saturated carbocycles. The summed E-state index contributed by atoms with van der Waals surface area (Å²) in [5, 5.41) is 0. The molecular formula is C15H21FO3. The highest BCUT2D eigenvalue weighted by molar-refractivity contribution is 5.81. The maximum absolute atomic E-state index is 12.2. The van der Waals surface area contributed by atoms with Crippen molar-refractivity contribution in [1.82, 2.24) is 0 Å². The summed E-state index contributed by atoms with van der Waals surface area (Å²) in [6.45, 7) is 1.47. The molecule has 3 nitrogen and oxygen atoms in total. The number of methoxy groups -OCH3 is 2. The van der Waals surface area contributed by atoms with Crippen LogP contribution in [0.2, 0.25) is 0 Å². The van der Waals surface area contributed by atoms with Gasteiger partial charge in [-0.15, -0.1) is 0 Å². The van der Waals surface area contributed by atoms with Gasteiger partial charge in [0.1, 0.15) is 17.3 Å². The van der Waals surface area contributed by atoms with Crippen molar-refractivity contribution >= 4 is 5.78 Å². The van der Waals surface area contributed by atoms with Crippen LogP contribution in [0.3, 0.4) is 0 Å². The monoisotopic (exact) mass is 268 g/mol. The molecule has 0 spiro atoms. The average molecular weight is 268 g/mol. The van der Waals surface area contributed by atoms with Crippen molar-refractivity contribution < 1.29 is 18.7 Å². The van der Waals surface area contributed by atoms with E-state index in [1.165, 1.54) is 0 Å². The molecule has 0 heterocycles. The minimum Gasteiger partial charge on any atom is -0.496 e. The largest absolute Gasteiger partial charge is 0.496 e. The first-order valence-corrected chi connectivity index (χ1v) is 6.47. The Kier molecular flexibility index (Phi) is 6.33. The number of ketones is 1. The molecule has 0 aliphatic rings. The number of hydrogen-bond acceptors (Lipinski definition) is 3. The summed E-state index contributed by atoms with van der Waals surface area (Å²) in [5.74, 6) is 1.29. The van der Waals surface area contributed by atoms with E-state index < -0.39 is 6.67 Å². The van der Waals surface area contributed by atoms with E-state index in [2.05, 4.69) is 6.92 Å². The Morgan fingerprint density at radius 2 is 1.74 bits per heavy atom. The zero-order chi connectivity index (χ0) is 14.3. The van der Waals surface area contributed by atoms with Crippen LogP contribution in [0.15, 0.2) is 12.1 Å². The first-order valence-electron chi connectivity index (χ1n) is 6.47. The van der Waals surface area contributed by atoms with E-state index in [0.29, 0.717) is 5.75 Å². The van der Waals surface area contributed by atoms with Gasteiger partial charge in [-0.3, -0.25) is 9.18 Å². The molecule has 0 aromatic heterocycles. The van der Waals surface area contributed by atoms with Crippen LogP contribution in [0.1, 0.15) is 30.9 Å². The third-order valence-corrected chi connectivity index (χ3v) is 2.96. The van der Waals surface area contributed by atoms with E-state index >= 15 is 0 Å². The van der Waals surface area contributed by atoms with Crippen LogP contribution in [0, 0.1) is 0 Å². The molecule has 19 heavy (non-hydrogen) atoms. The van der Waals surface area contributed by atoms with Gasteiger partial charge in [0.25, 0.3) is 0 Å². The molecule has 106 valence electrons. The Labute approximate surface area is 113 Å². The fourth-order valence-corrected chi connectivity index (χ4v) is 2.03. The minimum atomic E-state index is -0.619. The van der Waals surface area contributed by atoms with E-state index in [-0.39, 0.29) is 18.6 Å². The number of ether oxygens (including phenoxy) is 2. The molecule has 0 amide bonds. The number of carbonyl (C=O) groups excluding carboxylic acids is 1. The Morgan fingerprint density at radius 1 is 1.16 bits per heavy atom. The Morgan fingerprint density at radius 3 is 2.26 bits per heavy atom. The number of alkyl halides is 1. The number of benzene rings is 1. The summed E-state index contributed by atoms with van der Waals surface area (Å²) < 4.78 is 22.8. The lowest BCUT2D eigenvalue weighted by molar-refractivity contribution is -0.118. The van der Waals surface area contributed by atoms with Crippen LogP contribution in [0.25, 0.3) is 0 Å². The van der Waals surface area contributed by atoms with Crippen LogP contribution in [0.5, 0.6) is 11.5 Å². The summed E-state index contributed by atoms with van der Waals surface area (Å²) >= 11 is 0. The summed E-state index contributed by atoms with van der Waals surface area (Å²) in [6.07, 6.45) is 2.01. The lowest BCUT2D eigenvalue weighted by Crippen LogP contribution is -2.06. The maximum atomic E-state index is 12.2. The van der Waals surface area contributed by atoms with Crippen LogP contribution in [-0.2, 0) is 17.6 Å². The summed E-state index contributed by atoms with van der Waals surface area (Å²) in [6, 6.07) is 3.72. The molecule has 1 aromatic carbocycles. The fourth-order valence-electron chi connectivity index (χ4n) is 2.03. The second-order valence-corrected chi connectivity index (χ2v) is 4.38. The fraction of sp³-hybridized carbons (Fsp3) is 0.533. The molecule has 0 saturated heterocycles. The highest BCUT2D eigenvalue weighted by atomic mass is 19.1. The summed E-state index contributed by atoms with van der Waals surface area (Å²) in [7, 11) is 3.18. The second kappa shape index (κ2) is 7.77. The van der Waals surface area contributed by atoms with Crippen LogP contribution < -0.4 is 9.47 Å². The second-order valence-electron chi connectivity index (χ2n) is 4.38. The van der Waals surface area contributed by atoms with Gasteiger partial charge < -0.3 is 9.47 Å². The van der Waals surface area contributed by atoms with Crippen molar-refractivity contribution in [3.63, 3.8) is 0 Å². The molecule has 0 N–H and O–H groups in total. The Bertz CT molecular complexity index is 430. The molecule has 0 atom stereocenters. The van der Waals surface area contributed by atoms with Gasteiger partial charge in [-0.05, 0) is 24.1 Å². The van der Waals surface area contributed by atoms with Crippen molar-refractivity contribution in [2.45, 2.75) is 32.6 Å². The predicted octanol–water partition coefficient (Wildman–Crippen LogP) is 3.13. The van der Waals surface area contributed by atoms with E-state index in [9.17, 15) is 9.18 Å². The number of carbonyl (C=O) groups is 1. The molecule has 0 fully saturated rings. The number of halogens is 1. The smallest absolute Gasteiger partial charge is 0.140 e. The quantitative estimate of drug-likeness (QED) is 0.726. The average Bonchev–Trinajstić information content (AvgIpc) is 2.40. The molecule has 4 heteroatoms. The molecule has 0 aliphatic heterocycles. The van der Waals surface area contributed by atoms with Crippen LogP contribution in [0.4, 0.5) is 4.39 Å². The third kappa shape index (κ3) is 4.23. The molecule has 0 bridgehead atoms. The van der Waals surface area contributed by atoms with E-state index in [1.54, 1.807) is 14.2 Å². The highest BCUT2D eigenvalue weighted by Crippen LogP contribution is 2.30. The van der Waals surface area contributed by atoms with Crippen molar-refractivity contribution in [3.8, 4) is 11.5 Å². The Hall–Kier alpha value is -1.58. The predicted molar refractivity (Wildman–Crippen MR) is 72.8 cm³/mol. The van der Waals surface area contributed by atoms with E-state index in [4.69, 9.17) is 9.47 Å². The maximum Gasteiger partial charge on any atom is 0.140 e. The number of aryl methyl sites for hydroxylation is 1. The van der Waals surface area contributed by atoms with E-state index in [0.717, 1.165) is 29.7 Å². The summed E-state index contributed by atoms with van der Waals surface area (Å²) in [5.41, 5.74) is 1.81. The van der Waals surface area contributed by atoms with Crippen molar-refractivity contribution in [1.29, 1.82) is 0 Å². The highest BCUT2D eigenvalue weighted by Gasteiger charge is 2.13. The molecule has 1 rings (SSSR count). The normalized spacial score (nSPS) is 10.3. The molecular weight excluding hydrogens is 247 g/mol. The van der Waals surface area contributed by atoms with Gasteiger partial charge in [0.05, 0.1) is 20.9 Å². The first kappa shape index (κ1) is 15.5. The third-order valence-electron chi connectivity index (χ3n) is 2.96. The number of hydrogen-bond donors (Lipinski definition) is 0. The lowest BCUT2D eigenvalue weighted by atomic mass is 10.0. The van der Waals surface area contributed by atoms with Gasteiger partial charge >= 0.3 is 0 Å². The molecule has 0 unspecified atom stereocenters. The standard InChI is InChI=1S/C15H21FO3/c1-4-5-11-9-15(19-3)12(10-14(11)18-2)8-13(17)6-7-16/h9-10H,4-8H2,1-3H3. The topological polar surface area (TPSA) is 35.5 Å². The van der Waals surface area contributed by atoms with Crippen LogP contribution in [-0.4, -0.2) is 26.7 Å². The molecule has 1 aromatic rings. The van der Waals surface area contributed by atoms with Crippen molar-refractivity contribution in [2.24, 2.45) is 0 Å². The van der Waals surface area contributed by atoms with Gasteiger partial charge in [0, 0.05) is 18.4 Å².